The van der Waals surface area contributed by atoms with Gasteiger partial charge in [-0.3, -0.25) is 0 Å². The highest BCUT2D eigenvalue weighted by Gasteiger charge is 2.27. The van der Waals surface area contributed by atoms with Crippen LogP contribution >= 0.6 is 22.9 Å². The summed E-state index contributed by atoms with van der Waals surface area (Å²) >= 11 is 1.63. The van der Waals surface area contributed by atoms with Crippen LogP contribution in [0.25, 0.3) is 0 Å². The van der Waals surface area contributed by atoms with Gasteiger partial charge in [0.25, 0.3) is 0 Å². The molecule has 1 amide bonds. The van der Waals surface area contributed by atoms with Crippen molar-refractivity contribution >= 4 is 34.9 Å². The molecule has 0 rings (SSSR count). The van der Waals surface area contributed by atoms with E-state index < -0.39 is 23.7 Å². The number of nitrogens with zero attached hydrogens (tertiary/aromatic N) is 1. The summed E-state index contributed by atoms with van der Waals surface area (Å²) in [4.78, 5) is 21.9. The van der Waals surface area contributed by atoms with Crippen LogP contribution in [0.15, 0.2) is 0 Å². The van der Waals surface area contributed by atoms with Gasteiger partial charge in [-0.15, -0.1) is 0 Å². The number of rotatable bonds is 2. The number of aliphatic carboxylic acids is 1. The molecular formula is C8H14INO4. The van der Waals surface area contributed by atoms with Crippen molar-refractivity contribution in [2.75, 3.05) is 0 Å². The van der Waals surface area contributed by atoms with Crippen LogP contribution in [0.4, 0.5) is 4.79 Å². The van der Waals surface area contributed by atoms with E-state index in [1.54, 1.807) is 43.6 Å². The lowest BCUT2D eigenvalue weighted by Crippen LogP contribution is -2.39. The lowest BCUT2D eigenvalue weighted by molar-refractivity contribution is -0.140. The molecule has 0 aliphatic rings. The fraction of sp³-hybridized carbons (Fsp3) is 0.750. The molecule has 1 N–H and O–H groups in total. The number of ether oxygens (including phenoxy) is 1. The molecule has 0 fully saturated rings. The number of carbonyl (C=O) groups excluding carboxylic acids is 1. The van der Waals surface area contributed by atoms with Gasteiger partial charge in [0.1, 0.15) is 11.6 Å². The molecule has 0 aromatic rings. The summed E-state index contributed by atoms with van der Waals surface area (Å²) in [6.45, 7) is 6.58. The van der Waals surface area contributed by atoms with Crippen molar-refractivity contribution in [1.82, 2.24) is 3.11 Å². The minimum Gasteiger partial charge on any atom is -0.480 e. The van der Waals surface area contributed by atoms with E-state index >= 15 is 0 Å². The highest BCUT2D eigenvalue weighted by Crippen LogP contribution is 2.15. The number of carbonyl (C=O) groups is 2. The predicted octanol–water partition coefficient (Wildman–Crippen LogP) is 2.05. The molecule has 0 aliphatic carbocycles. The third-order valence-electron chi connectivity index (χ3n) is 1.27. The Kier molecular flexibility index (Phi) is 4.63. The molecule has 82 valence electrons. The Balaban J connectivity index is 4.33. The van der Waals surface area contributed by atoms with Crippen LogP contribution in [0.3, 0.4) is 0 Å². The second-order valence-electron chi connectivity index (χ2n) is 3.81. The molecule has 0 saturated heterocycles. The summed E-state index contributed by atoms with van der Waals surface area (Å²) in [6.07, 6.45) is -0.645. The number of hydrogen-bond acceptors (Lipinski definition) is 3. The Hall–Kier alpha value is -0.530. The third-order valence-corrected chi connectivity index (χ3v) is 2.49. The standard InChI is InChI=1S/C8H14INO4/c1-5(6(11)12)10(9)7(13)14-8(2,3)4/h5H,1-4H3,(H,11,12)/t5-/m0/s1. The third kappa shape index (κ3) is 4.64. The first-order valence-corrected chi connectivity index (χ1v) is 5.02. The van der Waals surface area contributed by atoms with Crippen LogP contribution in [-0.4, -0.2) is 31.9 Å². The smallest absolute Gasteiger partial charge is 0.419 e. The minimum absolute atomic E-state index is 0.612. The highest BCUT2D eigenvalue weighted by molar-refractivity contribution is 14.1. The van der Waals surface area contributed by atoms with E-state index in [1.165, 1.54) is 6.92 Å². The molecular weight excluding hydrogens is 301 g/mol. The van der Waals surface area contributed by atoms with Crippen molar-refractivity contribution in [3.05, 3.63) is 0 Å². The number of hydrogen-bond donors (Lipinski definition) is 1. The van der Waals surface area contributed by atoms with E-state index in [-0.39, 0.29) is 0 Å². The molecule has 0 spiro atoms. The van der Waals surface area contributed by atoms with Crippen LogP contribution in [0.2, 0.25) is 0 Å². The number of carboxylic acids is 1. The predicted molar refractivity (Wildman–Crippen MR) is 59.2 cm³/mol. The fourth-order valence-corrected chi connectivity index (χ4v) is 0.897. The van der Waals surface area contributed by atoms with Gasteiger partial charge in [-0.1, -0.05) is 0 Å². The fourth-order valence-electron chi connectivity index (χ4n) is 0.561. The lowest BCUT2D eigenvalue weighted by Gasteiger charge is -2.25. The average Bonchev–Trinajstić information content (AvgIpc) is 1.98. The van der Waals surface area contributed by atoms with E-state index in [9.17, 15) is 9.59 Å². The van der Waals surface area contributed by atoms with Crippen molar-refractivity contribution in [2.24, 2.45) is 0 Å². The van der Waals surface area contributed by atoms with Crippen LogP contribution in [0, 0.1) is 0 Å². The van der Waals surface area contributed by atoms with E-state index in [0.717, 1.165) is 3.11 Å². The summed E-state index contributed by atoms with van der Waals surface area (Å²) in [7, 11) is 0. The SMILES string of the molecule is C[C@@H](C(=O)O)N(I)C(=O)OC(C)(C)C. The van der Waals surface area contributed by atoms with Crippen LogP contribution in [0.1, 0.15) is 27.7 Å². The summed E-state index contributed by atoms with van der Waals surface area (Å²) in [5, 5.41) is 8.65. The molecule has 0 aromatic heterocycles. The van der Waals surface area contributed by atoms with E-state index in [2.05, 4.69) is 0 Å². The van der Waals surface area contributed by atoms with Gasteiger partial charge >= 0.3 is 12.1 Å². The van der Waals surface area contributed by atoms with E-state index in [1.807, 2.05) is 0 Å². The van der Waals surface area contributed by atoms with Gasteiger partial charge in [0, 0.05) is 0 Å². The Morgan fingerprint density at radius 2 is 1.86 bits per heavy atom. The monoisotopic (exact) mass is 315 g/mol. The second-order valence-corrected chi connectivity index (χ2v) is 4.85. The van der Waals surface area contributed by atoms with Gasteiger partial charge in [0.2, 0.25) is 0 Å². The summed E-state index contributed by atoms with van der Waals surface area (Å²) in [6, 6.07) is -0.898. The Labute approximate surface area is 96.9 Å². The van der Waals surface area contributed by atoms with E-state index in [4.69, 9.17) is 9.84 Å². The van der Waals surface area contributed by atoms with Crippen molar-refractivity contribution in [3.8, 4) is 0 Å². The van der Waals surface area contributed by atoms with Crippen molar-refractivity contribution < 1.29 is 19.4 Å². The molecule has 0 radical (unpaired) electrons. The van der Waals surface area contributed by atoms with Crippen LogP contribution in [-0.2, 0) is 9.53 Å². The maximum Gasteiger partial charge on any atom is 0.419 e. The molecule has 0 unspecified atom stereocenters. The Bertz CT molecular complexity index is 236. The van der Waals surface area contributed by atoms with Gasteiger partial charge in [-0.2, -0.15) is 0 Å². The molecule has 14 heavy (non-hydrogen) atoms. The number of halogens is 1. The molecule has 6 heteroatoms. The van der Waals surface area contributed by atoms with Gasteiger partial charge in [-0.25, -0.2) is 12.7 Å². The van der Waals surface area contributed by atoms with Crippen LogP contribution in [0.5, 0.6) is 0 Å². The van der Waals surface area contributed by atoms with Gasteiger partial charge in [0.05, 0.1) is 22.9 Å². The summed E-state index contributed by atoms with van der Waals surface area (Å²) < 4.78 is 6.01. The zero-order chi connectivity index (χ0) is 11.5. The van der Waals surface area contributed by atoms with Crippen LogP contribution < -0.4 is 0 Å². The van der Waals surface area contributed by atoms with Gasteiger partial charge in [-0.05, 0) is 27.7 Å². The zero-order valence-electron chi connectivity index (χ0n) is 8.57. The molecule has 0 aromatic carbocycles. The topological polar surface area (TPSA) is 66.8 Å². The lowest BCUT2D eigenvalue weighted by atomic mass is 10.2. The van der Waals surface area contributed by atoms with Crippen molar-refractivity contribution in [1.29, 1.82) is 0 Å². The molecule has 0 heterocycles. The van der Waals surface area contributed by atoms with E-state index in [0.29, 0.717) is 0 Å². The largest absolute Gasteiger partial charge is 0.480 e. The first-order chi connectivity index (χ1) is 6.15. The zero-order valence-corrected chi connectivity index (χ0v) is 10.7. The molecule has 5 nitrogen and oxygen atoms in total. The average molecular weight is 315 g/mol. The first-order valence-electron chi connectivity index (χ1n) is 4.06. The molecule has 0 bridgehead atoms. The quantitative estimate of drug-likeness (QED) is 0.625. The van der Waals surface area contributed by atoms with Gasteiger partial charge in [0.15, 0.2) is 0 Å². The second kappa shape index (κ2) is 4.81. The molecule has 1 atom stereocenters. The Morgan fingerprint density at radius 1 is 1.43 bits per heavy atom. The highest BCUT2D eigenvalue weighted by atomic mass is 127. The molecule has 0 aliphatic heterocycles. The Morgan fingerprint density at radius 3 is 2.14 bits per heavy atom. The number of carboxylic acid groups (broad SMARTS) is 1. The summed E-state index contributed by atoms with van der Waals surface area (Å²) in [5.41, 5.74) is -0.612. The number of amides is 1. The maximum atomic E-state index is 11.3. The minimum atomic E-state index is -1.06. The van der Waals surface area contributed by atoms with Crippen molar-refractivity contribution in [3.63, 3.8) is 0 Å². The maximum absolute atomic E-state index is 11.3. The molecule has 0 saturated carbocycles. The van der Waals surface area contributed by atoms with Gasteiger partial charge < -0.3 is 9.84 Å². The normalized spacial score (nSPS) is 13.2. The summed E-state index contributed by atoms with van der Waals surface area (Å²) in [5.74, 6) is -1.06. The van der Waals surface area contributed by atoms with Crippen molar-refractivity contribution in [2.45, 2.75) is 39.3 Å². The first kappa shape index (κ1) is 13.5.